The average Bonchev–Trinajstić information content (AvgIpc) is 2.81. The summed E-state index contributed by atoms with van der Waals surface area (Å²) >= 11 is 0. The Bertz CT molecular complexity index is 464. The molecule has 3 heteroatoms. The minimum absolute atomic E-state index is 0.474. The second-order valence-corrected chi connectivity index (χ2v) is 4.74. The van der Waals surface area contributed by atoms with E-state index in [0.717, 1.165) is 30.8 Å². The predicted octanol–water partition coefficient (Wildman–Crippen LogP) is 3.09. The molecule has 2 aromatic rings. The number of nitrogens with one attached hydrogen (secondary N) is 1. The first kappa shape index (κ1) is 12.8. The molecule has 1 unspecified atom stereocenters. The summed E-state index contributed by atoms with van der Waals surface area (Å²) in [6.45, 7) is 4.89. The van der Waals surface area contributed by atoms with Crippen LogP contribution in [-0.2, 0) is 13.0 Å². The molecule has 0 saturated carbocycles. The van der Waals surface area contributed by atoms with Crippen molar-refractivity contribution in [3.63, 3.8) is 0 Å². The van der Waals surface area contributed by atoms with Crippen molar-refractivity contribution in [2.24, 2.45) is 0 Å². The Labute approximate surface area is 108 Å². The van der Waals surface area contributed by atoms with Crippen molar-refractivity contribution >= 4 is 0 Å². The van der Waals surface area contributed by atoms with Gasteiger partial charge in [0.05, 0.1) is 5.69 Å². The Hall–Kier alpha value is -1.61. The zero-order valence-corrected chi connectivity index (χ0v) is 11.0. The lowest BCUT2D eigenvalue weighted by Crippen LogP contribution is -2.26. The van der Waals surface area contributed by atoms with Crippen LogP contribution in [0.4, 0.5) is 0 Å². The lowest BCUT2D eigenvalue weighted by atomic mass is 10.1. The van der Waals surface area contributed by atoms with Crippen molar-refractivity contribution < 1.29 is 4.52 Å². The highest BCUT2D eigenvalue weighted by Gasteiger charge is 2.04. The maximum Gasteiger partial charge on any atom is 0.133 e. The Morgan fingerprint density at radius 3 is 2.72 bits per heavy atom. The van der Waals surface area contributed by atoms with Crippen LogP contribution in [0.2, 0.25) is 0 Å². The third kappa shape index (κ3) is 4.00. The standard InChI is InChI=1S/C15H20N2O/c1-12(8-9-14-6-4-3-5-7-14)16-11-15-10-13(2)18-17-15/h3-7,10,12,16H,8-9,11H2,1-2H3. The van der Waals surface area contributed by atoms with Gasteiger partial charge in [0.15, 0.2) is 0 Å². The van der Waals surface area contributed by atoms with Gasteiger partial charge in [-0.05, 0) is 32.3 Å². The van der Waals surface area contributed by atoms with Crippen molar-refractivity contribution in [2.75, 3.05) is 0 Å². The van der Waals surface area contributed by atoms with Crippen molar-refractivity contribution in [1.29, 1.82) is 0 Å². The number of nitrogens with zero attached hydrogens (tertiary/aromatic N) is 1. The first-order chi connectivity index (χ1) is 8.74. The quantitative estimate of drug-likeness (QED) is 0.848. The van der Waals surface area contributed by atoms with Crippen molar-refractivity contribution in [2.45, 2.75) is 39.3 Å². The maximum atomic E-state index is 5.04. The van der Waals surface area contributed by atoms with E-state index < -0.39 is 0 Å². The molecular weight excluding hydrogens is 224 g/mol. The van der Waals surface area contributed by atoms with Crippen LogP contribution in [0.15, 0.2) is 40.9 Å². The average molecular weight is 244 g/mol. The smallest absolute Gasteiger partial charge is 0.133 e. The van der Waals surface area contributed by atoms with Crippen molar-refractivity contribution in [3.05, 3.63) is 53.4 Å². The van der Waals surface area contributed by atoms with E-state index in [1.165, 1.54) is 5.56 Å². The minimum atomic E-state index is 0.474. The van der Waals surface area contributed by atoms with Crippen molar-refractivity contribution in [3.8, 4) is 0 Å². The number of aromatic nitrogens is 1. The number of hydrogen-bond donors (Lipinski definition) is 1. The molecule has 0 radical (unpaired) electrons. The Morgan fingerprint density at radius 2 is 2.06 bits per heavy atom. The van der Waals surface area contributed by atoms with Crippen LogP contribution in [0.25, 0.3) is 0 Å². The molecule has 0 fully saturated rings. The molecule has 1 atom stereocenters. The van der Waals surface area contributed by atoms with E-state index in [4.69, 9.17) is 4.52 Å². The third-order valence-corrected chi connectivity index (χ3v) is 3.02. The molecule has 0 amide bonds. The van der Waals surface area contributed by atoms with Crippen LogP contribution in [0, 0.1) is 6.92 Å². The van der Waals surface area contributed by atoms with E-state index in [9.17, 15) is 0 Å². The fourth-order valence-electron chi connectivity index (χ4n) is 1.91. The molecule has 1 N–H and O–H groups in total. The van der Waals surface area contributed by atoms with Gasteiger partial charge in [-0.15, -0.1) is 0 Å². The van der Waals surface area contributed by atoms with E-state index in [-0.39, 0.29) is 0 Å². The number of aryl methyl sites for hydroxylation is 2. The summed E-state index contributed by atoms with van der Waals surface area (Å²) in [7, 11) is 0. The molecule has 0 spiro atoms. The molecule has 1 aromatic carbocycles. The zero-order chi connectivity index (χ0) is 12.8. The molecular formula is C15H20N2O. The largest absolute Gasteiger partial charge is 0.361 e. The monoisotopic (exact) mass is 244 g/mol. The molecule has 0 aliphatic carbocycles. The highest BCUT2D eigenvalue weighted by atomic mass is 16.5. The van der Waals surface area contributed by atoms with E-state index in [1.54, 1.807) is 0 Å². The SMILES string of the molecule is Cc1cc(CNC(C)CCc2ccccc2)no1. The molecule has 0 bridgehead atoms. The van der Waals surface area contributed by atoms with Crippen LogP contribution in [-0.4, -0.2) is 11.2 Å². The molecule has 1 aromatic heterocycles. The number of rotatable bonds is 6. The predicted molar refractivity (Wildman–Crippen MR) is 72.3 cm³/mol. The molecule has 1 heterocycles. The first-order valence-electron chi connectivity index (χ1n) is 6.43. The van der Waals surface area contributed by atoms with Gasteiger partial charge >= 0.3 is 0 Å². The molecule has 0 aliphatic rings. The minimum Gasteiger partial charge on any atom is -0.361 e. The summed E-state index contributed by atoms with van der Waals surface area (Å²) in [5, 5.41) is 7.43. The summed E-state index contributed by atoms with van der Waals surface area (Å²) in [5.41, 5.74) is 2.36. The van der Waals surface area contributed by atoms with E-state index in [2.05, 4.69) is 47.7 Å². The van der Waals surface area contributed by atoms with Gasteiger partial charge in [-0.2, -0.15) is 0 Å². The fraction of sp³-hybridized carbons (Fsp3) is 0.400. The van der Waals surface area contributed by atoms with Crippen LogP contribution >= 0.6 is 0 Å². The van der Waals surface area contributed by atoms with E-state index in [0.29, 0.717) is 6.04 Å². The van der Waals surface area contributed by atoms with Crippen LogP contribution in [0.5, 0.6) is 0 Å². The number of benzene rings is 1. The highest BCUT2D eigenvalue weighted by molar-refractivity contribution is 5.14. The summed E-state index contributed by atoms with van der Waals surface area (Å²) in [4.78, 5) is 0. The van der Waals surface area contributed by atoms with Crippen LogP contribution in [0.1, 0.15) is 30.4 Å². The summed E-state index contributed by atoms with van der Waals surface area (Å²) in [6.07, 6.45) is 2.23. The Kier molecular flexibility index (Phi) is 4.53. The van der Waals surface area contributed by atoms with E-state index >= 15 is 0 Å². The lowest BCUT2D eigenvalue weighted by molar-refractivity contribution is 0.385. The molecule has 3 nitrogen and oxygen atoms in total. The van der Waals surface area contributed by atoms with Gasteiger partial charge in [-0.25, -0.2) is 0 Å². The molecule has 0 saturated heterocycles. The second kappa shape index (κ2) is 6.36. The van der Waals surface area contributed by atoms with Gasteiger partial charge in [0.2, 0.25) is 0 Å². The fourth-order valence-corrected chi connectivity index (χ4v) is 1.91. The third-order valence-electron chi connectivity index (χ3n) is 3.02. The topological polar surface area (TPSA) is 38.1 Å². The van der Waals surface area contributed by atoms with Crippen molar-refractivity contribution in [1.82, 2.24) is 10.5 Å². The van der Waals surface area contributed by atoms with Gasteiger partial charge < -0.3 is 9.84 Å². The Balaban J connectivity index is 1.71. The Morgan fingerprint density at radius 1 is 1.28 bits per heavy atom. The molecule has 18 heavy (non-hydrogen) atoms. The summed E-state index contributed by atoms with van der Waals surface area (Å²) < 4.78 is 5.04. The summed E-state index contributed by atoms with van der Waals surface area (Å²) in [6, 6.07) is 13.0. The van der Waals surface area contributed by atoms with E-state index in [1.807, 2.05) is 13.0 Å². The summed E-state index contributed by atoms with van der Waals surface area (Å²) in [5.74, 6) is 0.865. The second-order valence-electron chi connectivity index (χ2n) is 4.74. The van der Waals surface area contributed by atoms with Gasteiger partial charge in [0.1, 0.15) is 5.76 Å². The molecule has 2 rings (SSSR count). The van der Waals surface area contributed by atoms with Gasteiger partial charge in [0.25, 0.3) is 0 Å². The molecule has 96 valence electrons. The lowest BCUT2D eigenvalue weighted by Gasteiger charge is -2.12. The highest BCUT2D eigenvalue weighted by Crippen LogP contribution is 2.06. The normalized spacial score (nSPS) is 12.6. The van der Waals surface area contributed by atoms with Gasteiger partial charge in [0, 0.05) is 18.7 Å². The van der Waals surface area contributed by atoms with Crippen LogP contribution < -0.4 is 5.32 Å². The van der Waals surface area contributed by atoms with Gasteiger partial charge in [-0.3, -0.25) is 0 Å². The van der Waals surface area contributed by atoms with Crippen LogP contribution in [0.3, 0.4) is 0 Å². The number of hydrogen-bond acceptors (Lipinski definition) is 3. The van der Waals surface area contributed by atoms with Gasteiger partial charge in [-0.1, -0.05) is 35.5 Å². The first-order valence-corrected chi connectivity index (χ1v) is 6.43. The maximum absolute atomic E-state index is 5.04. The molecule has 0 aliphatic heterocycles. The zero-order valence-electron chi connectivity index (χ0n) is 11.0.